The van der Waals surface area contributed by atoms with E-state index in [4.69, 9.17) is 0 Å². The van der Waals surface area contributed by atoms with Crippen LogP contribution < -0.4 is 0 Å². The normalized spacial score (nSPS) is 12.8. The molecule has 0 aliphatic rings. The van der Waals surface area contributed by atoms with Crippen LogP contribution in [0.4, 0.5) is 0 Å². The fraction of sp³-hybridized carbons (Fsp3) is 0.429. The molecule has 1 rings (SSSR count). The molecule has 0 aromatic carbocycles. The fourth-order valence-corrected chi connectivity index (χ4v) is 1.07. The molecular formula is C7H9N2O2S-. The van der Waals surface area contributed by atoms with E-state index in [-0.39, 0.29) is 5.75 Å². The number of rotatable bonds is 3. The Labute approximate surface area is 73.3 Å². The molecule has 4 nitrogen and oxygen atoms in total. The average molecular weight is 185 g/mol. The van der Waals surface area contributed by atoms with Crippen LogP contribution in [-0.2, 0) is 17.5 Å². The first kappa shape index (κ1) is 9.28. The maximum atomic E-state index is 10.2. The van der Waals surface area contributed by atoms with Crippen molar-refractivity contribution >= 4 is 11.1 Å². The first-order valence-corrected chi connectivity index (χ1v) is 4.76. The van der Waals surface area contributed by atoms with Gasteiger partial charge in [0.15, 0.2) is 0 Å². The Morgan fingerprint density at radius 3 is 2.58 bits per heavy atom. The summed E-state index contributed by atoms with van der Waals surface area (Å²) in [7, 11) is 0. The molecule has 0 spiro atoms. The van der Waals surface area contributed by atoms with Crippen molar-refractivity contribution in [1.82, 2.24) is 9.97 Å². The summed E-state index contributed by atoms with van der Waals surface area (Å²) >= 11 is -2.00. The molecule has 0 saturated heterocycles. The molecule has 0 fully saturated rings. The lowest BCUT2D eigenvalue weighted by atomic mass is 10.4. The number of hydrogen-bond donors (Lipinski definition) is 0. The van der Waals surface area contributed by atoms with Crippen LogP contribution in [0.2, 0.25) is 0 Å². The molecule has 0 aliphatic heterocycles. The van der Waals surface area contributed by atoms with E-state index >= 15 is 0 Å². The van der Waals surface area contributed by atoms with Crippen molar-refractivity contribution in [2.45, 2.75) is 13.3 Å². The van der Waals surface area contributed by atoms with E-state index in [2.05, 4.69) is 9.97 Å². The lowest BCUT2D eigenvalue weighted by Crippen LogP contribution is -2.03. The minimum absolute atomic E-state index is 0.0864. The third-order valence-electron chi connectivity index (χ3n) is 1.33. The highest BCUT2D eigenvalue weighted by Gasteiger charge is 1.94. The van der Waals surface area contributed by atoms with Crippen molar-refractivity contribution in [3.63, 3.8) is 0 Å². The zero-order valence-electron chi connectivity index (χ0n) is 6.69. The van der Waals surface area contributed by atoms with Gasteiger partial charge in [0.05, 0.1) is 0 Å². The summed E-state index contributed by atoms with van der Waals surface area (Å²) in [6.07, 6.45) is 3.74. The first-order valence-electron chi connectivity index (χ1n) is 3.52. The molecule has 1 aromatic heterocycles. The van der Waals surface area contributed by atoms with E-state index < -0.39 is 11.1 Å². The quantitative estimate of drug-likeness (QED) is 0.631. The van der Waals surface area contributed by atoms with Crippen molar-refractivity contribution < 1.29 is 8.76 Å². The van der Waals surface area contributed by atoms with Crippen molar-refractivity contribution in [3.8, 4) is 0 Å². The van der Waals surface area contributed by atoms with Gasteiger partial charge in [0.2, 0.25) is 0 Å². The molecule has 0 radical (unpaired) electrons. The number of hydrogen-bond acceptors (Lipinski definition) is 4. The predicted octanol–water partition coefficient (Wildman–Crippen LogP) is 0.207. The Kier molecular flexibility index (Phi) is 3.31. The highest BCUT2D eigenvalue weighted by atomic mass is 32.2. The topological polar surface area (TPSA) is 65.9 Å². The smallest absolute Gasteiger partial charge is 0.129 e. The number of aryl methyl sites for hydroxylation is 2. The Hall–Kier alpha value is -0.810. The molecule has 1 unspecified atom stereocenters. The summed E-state index contributed by atoms with van der Waals surface area (Å²) in [5.41, 5.74) is 0.974. The summed E-state index contributed by atoms with van der Waals surface area (Å²) in [6.45, 7) is 1.88. The molecule has 0 amide bonds. The number of nitrogens with zero attached hydrogens (tertiary/aromatic N) is 2. The van der Waals surface area contributed by atoms with Gasteiger partial charge in [-0.1, -0.05) is 11.1 Å². The summed E-state index contributed by atoms with van der Waals surface area (Å²) in [6, 6.07) is 0. The zero-order chi connectivity index (χ0) is 8.97. The molecule has 1 heterocycles. The highest BCUT2D eigenvalue weighted by Crippen LogP contribution is 1.94. The second-order valence-electron chi connectivity index (χ2n) is 2.43. The molecule has 1 aromatic rings. The Morgan fingerprint density at radius 2 is 2.08 bits per heavy atom. The van der Waals surface area contributed by atoms with Gasteiger partial charge in [0.1, 0.15) is 5.82 Å². The average Bonchev–Trinajstić information content (AvgIpc) is 2.03. The minimum atomic E-state index is -2.00. The molecule has 66 valence electrons. The van der Waals surface area contributed by atoms with Crippen LogP contribution in [0, 0.1) is 6.92 Å². The van der Waals surface area contributed by atoms with Crippen LogP contribution in [0.5, 0.6) is 0 Å². The molecule has 0 N–H and O–H groups in total. The molecular weight excluding hydrogens is 176 g/mol. The molecule has 12 heavy (non-hydrogen) atoms. The van der Waals surface area contributed by atoms with Crippen molar-refractivity contribution in [1.29, 1.82) is 0 Å². The third kappa shape index (κ3) is 3.06. The SMILES string of the molecule is Cc1cnc(CCS(=O)[O-])nc1. The summed E-state index contributed by atoms with van der Waals surface area (Å²) in [5.74, 6) is 0.660. The molecule has 0 aliphatic carbocycles. The predicted molar refractivity (Wildman–Crippen MR) is 44.3 cm³/mol. The molecule has 0 bridgehead atoms. The van der Waals surface area contributed by atoms with E-state index in [0.717, 1.165) is 5.56 Å². The standard InChI is InChI=1S/C7H10N2O2S/c1-6-4-8-7(9-5-6)2-3-12(10)11/h4-5H,2-3H2,1H3,(H,10,11)/p-1. The monoisotopic (exact) mass is 185 g/mol. The minimum Gasteiger partial charge on any atom is -0.772 e. The van der Waals surface area contributed by atoms with Gasteiger partial charge in [0.25, 0.3) is 0 Å². The van der Waals surface area contributed by atoms with Crippen LogP contribution in [0.1, 0.15) is 11.4 Å². The van der Waals surface area contributed by atoms with E-state index in [1.54, 1.807) is 12.4 Å². The van der Waals surface area contributed by atoms with E-state index in [1.165, 1.54) is 0 Å². The van der Waals surface area contributed by atoms with Crippen LogP contribution in [0.15, 0.2) is 12.4 Å². The van der Waals surface area contributed by atoms with Crippen molar-refractivity contribution in [2.24, 2.45) is 0 Å². The first-order chi connectivity index (χ1) is 5.68. The largest absolute Gasteiger partial charge is 0.772 e. The van der Waals surface area contributed by atoms with Gasteiger partial charge in [-0.05, 0) is 12.5 Å². The molecule has 5 heteroatoms. The van der Waals surface area contributed by atoms with E-state index in [0.29, 0.717) is 12.2 Å². The zero-order valence-corrected chi connectivity index (χ0v) is 7.50. The number of aromatic nitrogens is 2. The molecule has 0 saturated carbocycles. The molecule has 1 atom stereocenters. The van der Waals surface area contributed by atoms with Crippen LogP contribution >= 0.6 is 0 Å². The van der Waals surface area contributed by atoms with Gasteiger partial charge in [-0.15, -0.1) is 0 Å². The summed E-state index contributed by atoms with van der Waals surface area (Å²) in [4.78, 5) is 7.93. The van der Waals surface area contributed by atoms with Crippen molar-refractivity contribution in [2.75, 3.05) is 5.75 Å². The Bertz CT molecular complexity index is 273. The second-order valence-corrected chi connectivity index (χ2v) is 3.45. The van der Waals surface area contributed by atoms with Gasteiger partial charge in [0, 0.05) is 24.6 Å². The Balaban J connectivity index is 2.53. The van der Waals surface area contributed by atoms with Crippen LogP contribution in [-0.4, -0.2) is 24.5 Å². The maximum absolute atomic E-state index is 10.2. The second kappa shape index (κ2) is 4.27. The summed E-state index contributed by atoms with van der Waals surface area (Å²) in [5, 5.41) is 0. The van der Waals surface area contributed by atoms with Gasteiger partial charge in [-0.2, -0.15) is 0 Å². The Morgan fingerprint density at radius 1 is 1.50 bits per heavy atom. The maximum Gasteiger partial charge on any atom is 0.129 e. The van der Waals surface area contributed by atoms with E-state index in [1.807, 2.05) is 6.92 Å². The van der Waals surface area contributed by atoms with Crippen LogP contribution in [0.3, 0.4) is 0 Å². The van der Waals surface area contributed by atoms with Gasteiger partial charge < -0.3 is 4.55 Å². The van der Waals surface area contributed by atoms with E-state index in [9.17, 15) is 8.76 Å². The fourth-order valence-electron chi connectivity index (χ4n) is 0.723. The highest BCUT2D eigenvalue weighted by molar-refractivity contribution is 7.79. The van der Waals surface area contributed by atoms with Gasteiger partial charge in [-0.3, -0.25) is 4.21 Å². The lowest BCUT2D eigenvalue weighted by Gasteiger charge is -2.02. The third-order valence-corrected chi connectivity index (χ3v) is 1.86. The van der Waals surface area contributed by atoms with Crippen LogP contribution in [0.25, 0.3) is 0 Å². The summed E-state index contributed by atoms with van der Waals surface area (Å²) < 4.78 is 20.4. The lowest BCUT2D eigenvalue weighted by molar-refractivity contribution is 0.536. The van der Waals surface area contributed by atoms with Crippen molar-refractivity contribution in [3.05, 3.63) is 23.8 Å². The van der Waals surface area contributed by atoms with Gasteiger partial charge in [-0.25, -0.2) is 9.97 Å². The van der Waals surface area contributed by atoms with Gasteiger partial charge >= 0.3 is 0 Å².